The number of nitrogens with zero attached hydrogens (tertiary/aromatic N) is 2. The van der Waals surface area contributed by atoms with Crippen LogP contribution in [0.1, 0.15) is 112 Å². The monoisotopic (exact) mass is 878 g/mol. The number of carbonyl (C=O) groups excluding carboxylic acids is 6. The van der Waals surface area contributed by atoms with Gasteiger partial charge in [0.25, 0.3) is 23.6 Å². The molecule has 0 aliphatic carbocycles. The van der Waals surface area contributed by atoms with Crippen molar-refractivity contribution in [3.05, 3.63) is 168 Å². The third-order valence-electron chi connectivity index (χ3n) is 12.4. The lowest BCUT2D eigenvalue weighted by molar-refractivity contribution is -0.137. The topological polar surface area (TPSA) is 127 Å². The van der Waals surface area contributed by atoms with Gasteiger partial charge in [-0.25, -0.2) is 14.5 Å². The average molecular weight is 879 g/mol. The fourth-order valence-electron chi connectivity index (χ4n) is 8.64. The number of halogens is 3. The maximum Gasteiger partial charge on any atom is 0.417 e. The number of benzene rings is 6. The molecule has 8 rings (SSSR count). The van der Waals surface area contributed by atoms with E-state index in [1.807, 2.05) is 39.8 Å². The number of fused-ring (bicyclic) bond motifs is 2. The zero-order valence-corrected chi connectivity index (χ0v) is 36.9. The fraction of sp³-hybridized carbons (Fsp3) is 0.192. The van der Waals surface area contributed by atoms with Gasteiger partial charge < -0.3 is 9.47 Å². The molecule has 10 nitrogen and oxygen atoms in total. The summed E-state index contributed by atoms with van der Waals surface area (Å²) in [6.45, 7) is 14.5. The Morgan fingerprint density at radius 3 is 1.42 bits per heavy atom. The van der Waals surface area contributed by atoms with E-state index >= 15 is 0 Å². The molecule has 0 radical (unpaired) electrons. The lowest BCUT2D eigenvalue weighted by atomic mass is 9.88. The van der Waals surface area contributed by atoms with Gasteiger partial charge in [-0.3, -0.25) is 24.1 Å². The van der Waals surface area contributed by atoms with Crippen molar-refractivity contribution in [1.82, 2.24) is 4.90 Å². The van der Waals surface area contributed by atoms with E-state index in [0.29, 0.717) is 44.0 Å². The molecular formula is C52H41F3N2O8. The fourth-order valence-corrected chi connectivity index (χ4v) is 8.64. The molecule has 0 aromatic heterocycles. The molecule has 0 unspecified atom stereocenters. The molecule has 65 heavy (non-hydrogen) atoms. The lowest BCUT2D eigenvalue weighted by Crippen LogP contribution is -2.29. The molecule has 0 N–H and O–H groups in total. The van der Waals surface area contributed by atoms with E-state index in [1.165, 1.54) is 55.6 Å². The number of amides is 4. The Morgan fingerprint density at radius 2 is 0.908 bits per heavy atom. The van der Waals surface area contributed by atoms with Gasteiger partial charge in [0.15, 0.2) is 0 Å². The number of rotatable bonds is 7. The number of ether oxygens (including phenoxy) is 2. The highest BCUT2D eigenvalue weighted by Crippen LogP contribution is 2.43. The first-order valence-electron chi connectivity index (χ1n) is 20.5. The number of hydrogen-bond donors (Lipinski definition) is 0. The molecule has 2 aliphatic heterocycles. The van der Waals surface area contributed by atoms with E-state index in [2.05, 4.69) is 0 Å². The van der Waals surface area contributed by atoms with E-state index in [0.717, 1.165) is 38.8 Å². The second-order valence-corrected chi connectivity index (χ2v) is 16.6. The zero-order valence-electron chi connectivity index (χ0n) is 36.9. The Morgan fingerprint density at radius 1 is 0.462 bits per heavy atom. The average Bonchev–Trinajstić information content (AvgIpc) is 3.64. The molecule has 0 saturated heterocycles. The summed E-state index contributed by atoms with van der Waals surface area (Å²) in [5, 5.41) is 0. The van der Waals surface area contributed by atoms with Crippen molar-refractivity contribution < 1.29 is 51.4 Å². The van der Waals surface area contributed by atoms with Gasteiger partial charge in [0.2, 0.25) is 0 Å². The minimum Gasteiger partial charge on any atom is -0.422 e. The molecule has 2 heterocycles. The van der Waals surface area contributed by atoms with Gasteiger partial charge in [-0.2, -0.15) is 13.2 Å². The van der Waals surface area contributed by atoms with Crippen molar-refractivity contribution in [3.63, 3.8) is 0 Å². The Kier molecular flexibility index (Phi) is 10.7. The van der Waals surface area contributed by atoms with Crippen molar-refractivity contribution in [2.75, 3.05) is 11.9 Å². The lowest BCUT2D eigenvalue weighted by Gasteiger charge is -2.21. The predicted octanol–water partition coefficient (Wildman–Crippen LogP) is 11.0. The first-order chi connectivity index (χ1) is 30.6. The molecule has 6 aromatic rings. The number of alkyl halides is 3. The van der Waals surface area contributed by atoms with E-state index in [4.69, 9.17) is 9.47 Å². The van der Waals surface area contributed by atoms with E-state index in [9.17, 15) is 41.9 Å². The normalized spacial score (nSPS) is 13.4. The van der Waals surface area contributed by atoms with Crippen LogP contribution in [0.25, 0.3) is 22.3 Å². The highest BCUT2D eigenvalue weighted by atomic mass is 19.4. The first kappa shape index (κ1) is 44.0. The summed E-state index contributed by atoms with van der Waals surface area (Å²) in [5.41, 5.74) is 6.64. The van der Waals surface area contributed by atoms with Gasteiger partial charge >= 0.3 is 18.1 Å². The molecule has 4 amide bonds. The van der Waals surface area contributed by atoms with Gasteiger partial charge in [0.1, 0.15) is 11.5 Å². The zero-order chi connectivity index (χ0) is 47.1. The van der Waals surface area contributed by atoms with Crippen LogP contribution in [0.3, 0.4) is 0 Å². The Bertz CT molecular complexity index is 3170. The van der Waals surface area contributed by atoms with Gasteiger partial charge in [-0.15, -0.1) is 0 Å². The third-order valence-corrected chi connectivity index (χ3v) is 12.4. The van der Waals surface area contributed by atoms with Crippen LogP contribution >= 0.6 is 0 Å². The van der Waals surface area contributed by atoms with Crippen LogP contribution in [-0.4, -0.2) is 47.5 Å². The molecule has 0 fully saturated rings. The van der Waals surface area contributed by atoms with Crippen molar-refractivity contribution in [2.45, 2.75) is 61.6 Å². The van der Waals surface area contributed by atoms with Crippen molar-refractivity contribution in [2.24, 2.45) is 0 Å². The summed E-state index contributed by atoms with van der Waals surface area (Å²) >= 11 is 0. The predicted molar refractivity (Wildman–Crippen MR) is 237 cm³/mol. The number of anilines is 1. The molecule has 6 aromatic carbocycles. The van der Waals surface area contributed by atoms with Crippen molar-refractivity contribution >= 4 is 41.3 Å². The van der Waals surface area contributed by atoms with Crippen LogP contribution < -0.4 is 14.4 Å². The van der Waals surface area contributed by atoms with Gasteiger partial charge in [0, 0.05) is 7.05 Å². The Hall–Kier alpha value is -7.67. The molecular weight excluding hydrogens is 838 g/mol. The molecule has 0 saturated carbocycles. The van der Waals surface area contributed by atoms with Crippen LogP contribution in [0.2, 0.25) is 0 Å². The van der Waals surface area contributed by atoms with E-state index in [1.54, 1.807) is 45.9 Å². The van der Waals surface area contributed by atoms with E-state index < -0.39 is 47.3 Å². The van der Waals surface area contributed by atoms with Crippen molar-refractivity contribution in [1.29, 1.82) is 0 Å². The third kappa shape index (κ3) is 7.36. The Labute approximate surface area is 372 Å². The number of aryl methyl sites for hydroxylation is 4. The number of hydrogen-bond acceptors (Lipinski definition) is 8. The number of carbonyl (C=O) groups is 6. The second kappa shape index (κ2) is 15.8. The van der Waals surface area contributed by atoms with Gasteiger partial charge in [-0.05, 0) is 177 Å². The Balaban J connectivity index is 1.03. The summed E-state index contributed by atoms with van der Waals surface area (Å²) in [6, 6.07) is 20.3. The highest BCUT2D eigenvalue weighted by molar-refractivity contribution is 6.34. The maximum atomic E-state index is 14.5. The van der Waals surface area contributed by atoms with E-state index in [-0.39, 0.29) is 50.4 Å². The van der Waals surface area contributed by atoms with Crippen LogP contribution in [0.4, 0.5) is 18.9 Å². The summed E-state index contributed by atoms with van der Waals surface area (Å²) in [7, 11) is 1.38. The van der Waals surface area contributed by atoms with Crippen LogP contribution in [0.5, 0.6) is 11.5 Å². The minimum atomic E-state index is -4.80. The molecule has 328 valence electrons. The number of esters is 2. The molecule has 0 atom stereocenters. The first-order valence-corrected chi connectivity index (χ1v) is 20.5. The van der Waals surface area contributed by atoms with Crippen molar-refractivity contribution in [3.8, 4) is 33.8 Å². The summed E-state index contributed by atoms with van der Waals surface area (Å²) < 4.78 is 55.4. The van der Waals surface area contributed by atoms with Gasteiger partial charge in [0.05, 0.1) is 44.6 Å². The van der Waals surface area contributed by atoms with Gasteiger partial charge in [-0.1, -0.05) is 29.8 Å². The van der Waals surface area contributed by atoms with Crippen LogP contribution in [-0.2, 0) is 6.18 Å². The smallest absolute Gasteiger partial charge is 0.417 e. The van der Waals surface area contributed by atoms with Crippen LogP contribution in [0.15, 0.2) is 84.9 Å². The maximum absolute atomic E-state index is 14.5. The molecule has 13 heteroatoms. The SMILES string of the molecule is Cc1ccc(-c2ccc(N3C(=O)c4ccc(C(=O)Oc5c(C)cc(-c6cc(C)c(OC(=O)c7ccc8c(c7)C(=O)N(C)C8=O)c(C)c6C)c(C)c5C)cc4C3=O)cc2C(F)(F)F)c(C)c1. The molecule has 0 spiro atoms. The molecule has 0 bridgehead atoms. The summed E-state index contributed by atoms with van der Waals surface area (Å²) in [6.07, 6.45) is -4.80. The number of imide groups is 2. The standard InChI is InChI=1S/C52H41F3N2O8/c1-24-10-14-35(25(2)18-24)36-17-13-34(23-43(36)52(53,54)55)57-48(60)38-16-12-33(22-42(38)49(57)61)51(63)65-45-27(4)20-40(29(6)31(45)8)39-19-26(3)44(30(7)28(39)5)64-50(62)32-11-15-37-41(21-32)47(59)56(9)46(37)58/h10-23H,1-9H3. The molecule has 2 aliphatic rings. The summed E-state index contributed by atoms with van der Waals surface area (Å²) in [4.78, 5) is 81.0. The second-order valence-electron chi connectivity index (χ2n) is 16.6. The largest absolute Gasteiger partial charge is 0.422 e. The quantitative estimate of drug-likeness (QED) is 0.0881. The van der Waals surface area contributed by atoms with Crippen LogP contribution in [0, 0.1) is 55.4 Å². The highest BCUT2D eigenvalue weighted by Gasteiger charge is 2.41. The minimum absolute atomic E-state index is 0.0482. The summed E-state index contributed by atoms with van der Waals surface area (Å²) in [5.74, 6) is -3.53.